The minimum absolute atomic E-state index is 0.173. The lowest BCUT2D eigenvalue weighted by atomic mass is 10.1. The lowest BCUT2D eigenvalue weighted by molar-refractivity contribution is -0.144. The van der Waals surface area contributed by atoms with Gasteiger partial charge in [-0.1, -0.05) is 13.8 Å². The summed E-state index contributed by atoms with van der Waals surface area (Å²) in [6.45, 7) is 4.03. The van der Waals surface area contributed by atoms with Crippen molar-refractivity contribution < 1.29 is 14.3 Å². The molecule has 1 amide bonds. The second kappa shape index (κ2) is 7.83. The number of methoxy groups -OCH3 is 1. The van der Waals surface area contributed by atoms with E-state index in [4.69, 9.17) is 4.74 Å². The summed E-state index contributed by atoms with van der Waals surface area (Å²) in [5.74, 6) is -0.306. The zero-order valence-electron chi connectivity index (χ0n) is 11.3. The van der Waals surface area contributed by atoms with Crippen LogP contribution in [0.2, 0.25) is 0 Å². The van der Waals surface area contributed by atoms with Gasteiger partial charge in [0, 0.05) is 18.3 Å². The summed E-state index contributed by atoms with van der Waals surface area (Å²) in [5.41, 5.74) is 0.771. The number of hydrogen-bond donors (Lipinski definition) is 2. The number of hydrogen-bond acceptors (Lipinski definition) is 5. The number of nitrogens with zero attached hydrogens (tertiary/aromatic N) is 1. The molecule has 0 fully saturated rings. The van der Waals surface area contributed by atoms with E-state index in [9.17, 15) is 9.59 Å². The minimum Gasteiger partial charge on any atom is -0.467 e. The molecule has 6 nitrogen and oxygen atoms in total. The summed E-state index contributed by atoms with van der Waals surface area (Å²) in [6, 6.07) is -0.689. The maximum Gasteiger partial charge on any atom is 0.328 e. The van der Waals surface area contributed by atoms with E-state index in [1.807, 2.05) is 13.8 Å². The van der Waals surface area contributed by atoms with Crippen molar-refractivity contribution in [2.45, 2.75) is 31.6 Å². The molecule has 1 heterocycles. The van der Waals surface area contributed by atoms with Gasteiger partial charge < -0.3 is 15.0 Å². The molecule has 19 heavy (non-hydrogen) atoms. The van der Waals surface area contributed by atoms with Gasteiger partial charge in [0.1, 0.15) is 6.04 Å². The van der Waals surface area contributed by atoms with Gasteiger partial charge in [-0.15, -0.1) is 11.8 Å². The van der Waals surface area contributed by atoms with E-state index < -0.39 is 12.0 Å². The van der Waals surface area contributed by atoms with Crippen molar-refractivity contribution in [3.63, 3.8) is 0 Å². The molecule has 0 bridgehead atoms. The summed E-state index contributed by atoms with van der Waals surface area (Å²) >= 11 is 1.52. The van der Waals surface area contributed by atoms with Gasteiger partial charge in [-0.3, -0.25) is 4.79 Å². The number of rotatable bonds is 7. The highest BCUT2D eigenvalue weighted by Crippen LogP contribution is 2.08. The average Bonchev–Trinajstić information content (AvgIpc) is 2.87. The molecule has 0 aliphatic carbocycles. The number of esters is 1. The Morgan fingerprint density at radius 1 is 1.53 bits per heavy atom. The third kappa shape index (κ3) is 5.78. The van der Waals surface area contributed by atoms with Gasteiger partial charge in [-0.05, 0) is 5.25 Å². The third-order valence-electron chi connectivity index (χ3n) is 2.35. The first-order valence-corrected chi connectivity index (χ1v) is 7.03. The van der Waals surface area contributed by atoms with Gasteiger partial charge in [0.25, 0.3) is 0 Å². The predicted octanol–water partition coefficient (Wildman–Crippen LogP) is 0.752. The summed E-state index contributed by atoms with van der Waals surface area (Å²) in [7, 11) is 1.30. The fourth-order valence-corrected chi connectivity index (χ4v) is 2.00. The van der Waals surface area contributed by atoms with Crippen LogP contribution < -0.4 is 5.32 Å². The number of H-pyrrole nitrogens is 1. The number of ether oxygens (including phenoxy) is 1. The molecule has 0 aliphatic rings. The summed E-state index contributed by atoms with van der Waals surface area (Å²) in [5, 5.41) is 3.05. The van der Waals surface area contributed by atoms with E-state index in [1.54, 1.807) is 6.20 Å². The summed E-state index contributed by atoms with van der Waals surface area (Å²) < 4.78 is 4.69. The van der Waals surface area contributed by atoms with Crippen molar-refractivity contribution in [2.24, 2.45) is 0 Å². The SMILES string of the molecule is COC(=O)[C@H](Cc1cnc[nH]1)NC(=O)CSC(C)C. The average molecular weight is 285 g/mol. The van der Waals surface area contributed by atoms with Gasteiger partial charge >= 0.3 is 5.97 Å². The highest BCUT2D eigenvalue weighted by Gasteiger charge is 2.22. The largest absolute Gasteiger partial charge is 0.467 e. The molecule has 1 rings (SSSR count). The Morgan fingerprint density at radius 2 is 2.26 bits per heavy atom. The molecule has 0 aromatic carbocycles. The normalized spacial score (nSPS) is 12.2. The third-order valence-corrected chi connectivity index (χ3v) is 3.44. The Balaban J connectivity index is 2.54. The van der Waals surface area contributed by atoms with Gasteiger partial charge in [-0.2, -0.15) is 0 Å². The number of aromatic nitrogens is 2. The van der Waals surface area contributed by atoms with E-state index in [1.165, 1.54) is 25.2 Å². The van der Waals surface area contributed by atoms with Gasteiger partial charge in [0.05, 0.1) is 19.2 Å². The monoisotopic (exact) mass is 285 g/mol. The van der Waals surface area contributed by atoms with Crippen LogP contribution in [0.1, 0.15) is 19.5 Å². The van der Waals surface area contributed by atoms with E-state index in [2.05, 4.69) is 15.3 Å². The highest BCUT2D eigenvalue weighted by molar-refractivity contribution is 8.00. The van der Waals surface area contributed by atoms with Crippen LogP contribution in [0.15, 0.2) is 12.5 Å². The smallest absolute Gasteiger partial charge is 0.328 e. The van der Waals surface area contributed by atoms with Crippen LogP contribution in [0.3, 0.4) is 0 Å². The molecule has 7 heteroatoms. The quantitative estimate of drug-likeness (QED) is 0.722. The van der Waals surface area contributed by atoms with Crippen molar-refractivity contribution in [2.75, 3.05) is 12.9 Å². The number of carbonyl (C=O) groups is 2. The molecule has 1 atom stereocenters. The second-order valence-corrected chi connectivity index (χ2v) is 5.85. The van der Waals surface area contributed by atoms with Crippen LogP contribution in [0.25, 0.3) is 0 Å². The molecule has 0 aliphatic heterocycles. The van der Waals surface area contributed by atoms with E-state index in [0.717, 1.165) is 5.69 Å². The van der Waals surface area contributed by atoms with Crippen LogP contribution in [0.5, 0.6) is 0 Å². The molecule has 1 aromatic heterocycles. The highest BCUT2D eigenvalue weighted by atomic mass is 32.2. The topological polar surface area (TPSA) is 84.1 Å². The lowest BCUT2D eigenvalue weighted by Crippen LogP contribution is -2.44. The molecule has 106 valence electrons. The summed E-state index contributed by atoms with van der Waals surface area (Å²) in [6.07, 6.45) is 3.48. The maximum absolute atomic E-state index is 11.7. The molecule has 1 aromatic rings. The Morgan fingerprint density at radius 3 is 2.79 bits per heavy atom. The second-order valence-electron chi connectivity index (χ2n) is 4.28. The lowest BCUT2D eigenvalue weighted by Gasteiger charge is -2.16. The Hall–Kier alpha value is -1.50. The van der Waals surface area contributed by atoms with E-state index in [0.29, 0.717) is 17.4 Å². The number of amides is 1. The molecule has 0 radical (unpaired) electrons. The minimum atomic E-state index is -0.689. The van der Waals surface area contributed by atoms with Crippen molar-refractivity contribution in [1.82, 2.24) is 15.3 Å². The molecule has 0 unspecified atom stereocenters. The number of nitrogens with one attached hydrogen (secondary N) is 2. The van der Waals surface area contributed by atoms with Crippen molar-refractivity contribution in [1.29, 1.82) is 0 Å². The molecule has 2 N–H and O–H groups in total. The fraction of sp³-hybridized carbons (Fsp3) is 0.583. The van der Waals surface area contributed by atoms with Gasteiger partial charge in [0.15, 0.2) is 0 Å². The van der Waals surface area contributed by atoms with Crippen LogP contribution >= 0.6 is 11.8 Å². The first-order chi connectivity index (χ1) is 9.02. The zero-order valence-corrected chi connectivity index (χ0v) is 12.1. The predicted molar refractivity (Wildman–Crippen MR) is 73.8 cm³/mol. The number of imidazole rings is 1. The first-order valence-electron chi connectivity index (χ1n) is 5.99. The fourth-order valence-electron chi connectivity index (χ4n) is 1.43. The maximum atomic E-state index is 11.7. The Labute approximate surface area is 116 Å². The van der Waals surface area contributed by atoms with Crippen LogP contribution in [-0.2, 0) is 20.7 Å². The van der Waals surface area contributed by atoms with Crippen molar-refractivity contribution >= 4 is 23.6 Å². The van der Waals surface area contributed by atoms with Crippen molar-refractivity contribution in [3.8, 4) is 0 Å². The molecular formula is C12H19N3O3S. The van der Waals surface area contributed by atoms with Crippen molar-refractivity contribution in [3.05, 3.63) is 18.2 Å². The van der Waals surface area contributed by atoms with Crippen LogP contribution in [0.4, 0.5) is 0 Å². The Kier molecular flexibility index (Phi) is 6.41. The zero-order chi connectivity index (χ0) is 14.3. The summed E-state index contributed by atoms with van der Waals surface area (Å²) in [4.78, 5) is 30.1. The van der Waals surface area contributed by atoms with E-state index >= 15 is 0 Å². The van der Waals surface area contributed by atoms with Gasteiger partial charge in [0.2, 0.25) is 5.91 Å². The molecule has 0 saturated heterocycles. The first kappa shape index (κ1) is 15.6. The molecule has 0 spiro atoms. The standard InChI is InChI=1S/C12H19N3O3S/c1-8(2)19-6-11(16)15-10(12(17)18-3)4-9-5-13-7-14-9/h5,7-8,10H,4,6H2,1-3H3,(H,13,14)(H,15,16)/t10-/m0/s1. The number of carbonyl (C=O) groups excluding carboxylic acids is 2. The molecule has 0 saturated carbocycles. The van der Waals surface area contributed by atoms with E-state index in [-0.39, 0.29) is 5.91 Å². The van der Waals surface area contributed by atoms with Gasteiger partial charge in [-0.25, -0.2) is 9.78 Å². The van der Waals surface area contributed by atoms with Crippen LogP contribution in [-0.4, -0.2) is 46.0 Å². The Bertz CT molecular complexity index is 406. The number of thioether (sulfide) groups is 1. The van der Waals surface area contributed by atoms with Crippen LogP contribution in [0, 0.1) is 0 Å². The number of aromatic amines is 1. The molecular weight excluding hydrogens is 266 g/mol.